The van der Waals surface area contributed by atoms with Crippen LogP contribution in [0.4, 0.5) is 30.7 Å². The molecule has 1 aromatic carbocycles. The third kappa shape index (κ3) is 4.68. The summed E-state index contributed by atoms with van der Waals surface area (Å²) in [7, 11) is -4.22. The number of rotatable bonds is 5. The molecule has 0 aliphatic carbocycles. The van der Waals surface area contributed by atoms with Crippen LogP contribution in [0.5, 0.6) is 0 Å². The maximum absolute atomic E-state index is 13.9. The van der Waals surface area contributed by atoms with Gasteiger partial charge in [-0.3, -0.25) is 0 Å². The molecule has 0 amide bonds. The van der Waals surface area contributed by atoms with E-state index in [1.165, 1.54) is 6.92 Å². The van der Waals surface area contributed by atoms with E-state index in [1.54, 1.807) is 0 Å². The molecule has 0 aromatic heterocycles. The molecule has 23 heavy (non-hydrogen) atoms. The van der Waals surface area contributed by atoms with Crippen LogP contribution >= 0.6 is 20.2 Å². The molecule has 0 heterocycles. The average Bonchev–Trinajstić information content (AvgIpc) is 2.33. The van der Waals surface area contributed by atoms with Gasteiger partial charge in [0.25, 0.3) is 0 Å². The normalized spacial score (nSPS) is 13.3. The Bertz CT molecular complexity index is 674. The molecule has 0 aliphatic rings. The molecule has 12 heteroatoms. The summed E-state index contributed by atoms with van der Waals surface area (Å²) in [6.07, 6.45) is -4.96. The molecular formula is C11H10F7IO3S. The van der Waals surface area contributed by atoms with Crippen LogP contribution in [0.2, 0.25) is 0 Å². The molecule has 1 rings (SSSR count). The second-order valence-electron chi connectivity index (χ2n) is 4.22. The Morgan fingerprint density at radius 1 is 1.00 bits per heavy atom. The fourth-order valence-electron chi connectivity index (χ4n) is 1.51. The first-order valence-electron chi connectivity index (χ1n) is 5.80. The first-order valence-corrected chi connectivity index (χ1v) is 11.1. The topological polar surface area (TPSA) is 43.4 Å². The summed E-state index contributed by atoms with van der Waals surface area (Å²) in [6.45, 7) is 1.47. The van der Waals surface area contributed by atoms with Gasteiger partial charge < -0.3 is 0 Å². The molecule has 0 N–H and O–H groups in total. The molecule has 0 saturated heterocycles. The summed E-state index contributed by atoms with van der Waals surface area (Å²) in [5.74, 6) is -9.80. The first-order chi connectivity index (χ1) is 10.3. The molecule has 0 unspecified atom stereocenters. The molecule has 0 fully saturated rings. The molecule has 0 radical (unpaired) electrons. The van der Waals surface area contributed by atoms with Crippen LogP contribution < -0.4 is 0 Å². The molecule has 0 bridgehead atoms. The molecule has 134 valence electrons. The van der Waals surface area contributed by atoms with Gasteiger partial charge in [-0.15, -0.1) is 0 Å². The Morgan fingerprint density at radius 3 is 1.74 bits per heavy atom. The quantitative estimate of drug-likeness (QED) is 0.208. The van der Waals surface area contributed by atoms with E-state index in [9.17, 15) is 39.2 Å². The zero-order chi connectivity index (χ0) is 18.2. The number of halogens is 8. The monoisotopic (exact) mass is 482 g/mol. The van der Waals surface area contributed by atoms with E-state index in [0.717, 1.165) is 0 Å². The molecule has 0 saturated carbocycles. The van der Waals surface area contributed by atoms with Crippen molar-refractivity contribution in [2.45, 2.75) is 19.5 Å². The third-order valence-corrected chi connectivity index (χ3v) is 10.1. The Morgan fingerprint density at radius 2 is 1.43 bits per heavy atom. The Hall–Kier alpha value is -0.630. The van der Waals surface area contributed by atoms with E-state index in [0.29, 0.717) is 6.26 Å². The summed E-state index contributed by atoms with van der Waals surface area (Å²) in [5.41, 5.74) is -2.71. The number of hydrogen-bond acceptors (Lipinski definition) is 3. The van der Waals surface area contributed by atoms with Gasteiger partial charge in [0.05, 0.1) is 0 Å². The van der Waals surface area contributed by atoms with Crippen molar-refractivity contribution in [3.63, 3.8) is 0 Å². The van der Waals surface area contributed by atoms with Crippen molar-refractivity contribution in [1.82, 2.24) is 0 Å². The fraction of sp³-hybridized carbons (Fsp3) is 0.455. The zero-order valence-corrected chi connectivity index (χ0v) is 14.5. The summed E-state index contributed by atoms with van der Waals surface area (Å²) in [5, 5.41) is 0. The van der Waals surface area contributed by atoms with Crippen LogP contribution in [0.3, 0.4) is 0 Å². The van der Waals surface area contributed by atoms with Crippen molar-refractivity contribution >= 4 is 30.4 Å². The minimum atomic E-state index is -5.66. The molecular weight excluding hydrogens is 472 g/mol. The van der Waals surface area contributed by atoms with Crippen molar-refractivity contribution in [1.29, 1.82) is 0 Å². The van der Waals surface area contributed by atoms with Crippen molar-refractivity contribution in [3.8, 4) is 0 Å². The summed E-state index contributed by atoms with van der Waals surface area (Å²) < 4.78 is 117. The van der Waals surface area contributed by atoms with Gasteiger partial charge in [-0.1, -0.05) is 0 Å². The fourth-order valence-corrected chi connectivity index (χ4v) is 8.40. The standard InChI is InChI=1S/C11H10F7IO3S/c1-3-4-19(22-23(2,20)21)10-8(14)6(12)5(11(16,17)18)7(13)9(10)15/h3-4H2,1-2H3. The third-order valence-electron chi connectivity index (χ3n) is 2.26. The minimum absolute atomic E-state index is 0.142. The van der Waals surface area contributed by atoms with Gasteiger partial charge in [0.2, 0.25) is 0 Å². The van der Waals surface area contributed by atoms with Gasteiger partial charge >= 0.3 is 135 Å². The number of benzene rings is 1. The van der Waals surface area contributed by atoms with Crippen LogP contribution in [-0.4, -0.2) is 19.1 Å². The van der Waals surface area contributed by atoms with Crippen LogP contribution in [-0.2, 0) is 18.8 Å². The SMILES string of the molecule is CCCI(OS(C)(=O)=O)c1c(F)c(F)c(C(F)(F)F)c(F)c1F. The number of hydrogen-bond donors (Lipinski definition) is 0. The second kappa shape index (κ2) is 7.09. The van der Waals surface area contributed by atoms with E-state index >= 15 is 0 Å². The van der Waals surface area contributed by atoms with Gasteiger partial charge in [0.1, 0.15) is 0 Å². The van der Waals surface area contributed by atoms with Crippen LogP contribution in [0.15, 0.2) is 0 Å². The second-order valence-corrected chi connectivity index (χ2v) is 10.8. The van der Waals surface area contributed by atoms with Crippen molar-refractivity contribution in [3.05, 3.63) is 32.4 Å². The Balaban J connectivity index is 3.65. The molecule has 0 spiro atoms. The zero-order valence-electron chi connectivity index (χ0n) is 11.6. The van der Waals surface area contributed by atoms with Crippen LogP contribution in [0.1, 0.15) is 18.9 Å². The van der Waals surface area contributed by atoms with E-state index < -0.39 is 68.9 Å². The van der Waals surface area contributed by atoms with Gasteiger partial charge in [-0.2, -0.15) is 0 Å². The molecule has 1 aromatic rings. The van der Waals surface area contributed by atoms with E-state index in [1.807, 2.05) is 0 Å². The Labute approximate surface area is 134 Å². The number of alkyl halides is 4. The van der Waals surface area contributed by atoms with E-state index in [4.69, 9.17) is 0 Å². The molecule has 3 nitrogen and oxygen atoms in total. The summed E-state index contributed by atoms with van der Waals surface area (Å²) in [4.78, 5) is 0. The predicted molar refractivity (Wildman–Crippen MR) is 75.1 cm³/mol. The summed E-state index contributed by atoms with van der Waals surface area (Å²) >= 11 is -3.82. The van der Waals surface area contributed by atoms with E-state index in [2.05, 4.69) is 2.51 Å². The van der Waals surface area contributed by atoms with Crippen molar-refractivity contribution < 1.29 is 41.7 Å². The predicted octanol–water partition coefficient (Wildman–Crippen LogP) is 4.24. The van der Waals surface area contributed by atoms with Gasteiger partial charge in [-0.25, -0.2) is 0 Å². The molecule has 0 aliphatic heterocycles. The first kappa shape index (κ1) is 20.4. The molecule has 0 atom stereocenters. The maximum atomic E-state index is 13.9. The van der Waals surface area contributed by atoms with Gasteiger partial charge in [0, 0.05) is 0 Å². The van der Waals surface area contributed by atoms with E-state index in [-0.39, 0.29) is 10.8 Å². The Kier molecular flexibility index (Phi) is 6.29. The van der Waals surface area contributed by atoms with Crippen LogP contribution in [0.25, 0.3) is 0 Å². The van der Waals surface area contributed by atoms with Crippen LogP contribution in [0, 0.1) is 26.8 Å². The average molecular weight is 482 g/mol. The van der Waals surface area contributed by atoms with Gasteiger partial charge in [-0.05, 0) is 0 Å². The van der Waals surface area contributed by atoms with Crippen molar-refractivity contribution in [2.75, 3.05) is 10.7 Å². The van der Waals surface area contributed by atoms with Crippen molar-refractivity contribution in [2.24, 2.45) is 0 Å². The summed E-state index contributed by atoms with van der Waals surface area (Å²) in [6, 6.07) is 0. The van der Waals surface area contributed by atoms with Gasteiger partial charge in [0.15, 0.2) is 0 Å².